The maximum atomic E-state index is 8.69. The minimum atomic E-state index is -2.02. The molecule has 0 saturated heterocycles. The molecule has 0 spiro atoms. The van der Waals surface area contributed by atoms with Crippen molar-refractivity contribution in [1.29, 1.82) is 0 Å². The molecule has 1 heterocycles. The second-order valence-electron chi connectivity index (χ2n) is 1.78. The number of rotatable bonds is 2. The zero-order valence-electron chi connectivity index (χ0n) is 5.14. The molecule has 10 heavy (non-hydrogen) atoms. The summed E-state index contributed by atoms with van der Waals surface area (Å²) in [6.07, 6.45) is 0. The summed E-state index contributed by atoms with van der Waals surface area (Å²) >= 11 is 1.43. The second kappa shape index (κ2) is 3.42. The van der Waals surface area contributed by atoms with Crippen molar-refractivity contribution < 1.29 is 9.79 Å². The van der Waals surface area contributed by atoms with E-state index in [2.05, 4.69) is 0 Å². The Hall–Kier alpha value is 0.01000. The molecular formula is C5H8NO2PS. The largest absolute Gasteiger partial charge is 0.349 e. The summed E-state index contributed by atoms with van der Waals surface area (Å²) < 4.78 is 0. The third-order valence-corrected chi connectivity index (χ3v) is 2.99. The van der Waals surface area contributed by atoms with Crippen molar-refractivity contribution in [3.8, 4) is 0 Å². The van der Waals surface area contributed by atoms with Gasteiger partial charge < -0.3 is 15.5 Å². The van der Waals surface area contributed by atoms with Crippen LogP contribution in [0.5, 0.6) is 0 Å². The summed E-state index contributed by atoms with van der Waals surface area (Å²) in [5, 5.41) is 1.86. The zero-order valence-corrected chi connectivity index (χ0v) is 6.85. The molecule has 0 saturated carbocycles. The highest BCUT2D eigenvalue weighted by Gasteiger charge is 2.14. The van der Waals surface area contributed by atoms with Crippen molar-refractivity contribution in [2.45, 2.75) is 5.78 Å². The van der Waals surface area contributed by atoms with Crippen LogP contribution in [0.25, 0.3) is 0 Å². The van der Waals surface area contributed by atoms with Crippen molar-refractivity contribution >= 4 is 19.7 Å². The van der Waals surface area contributed by atoms with Gasteiger partial charge in [-0.15, -0.1) is 11.3 Å². The van der Waals surface area contributed by atoms with Crippen molar-refractivity contribution in [3.63, 3.8) is 0 Å². The highest BCUT2D eigenvalue weighted by molar-refractivity contribution is 7.46. The van der Waals surface area contributed by atoms with E-state index in [1.54, 1.807) is 6.07 Å². The Kier molecular flexibility index (Phi) is 2.77. The van der Waals surface area contributed by atoms with Crippen LogP contribution in [0.4, 0.5) is 0 Å². The molecule has 0 amide bonds. The quantitative estimate of drug-likeness (QED) is 0.590. The SMILES string of the molecule is NC(c1cccs1)P(O)O. The summed E-state index contributed by atoms with van der Waals surface area (Å²) in [7, 11) is -2.02. The first kappa shape index (κ1) is 8.11. The van der Waals surface area contributed by atoms with Gasteiger partial charge in [-0.25, -0.2) is 0 Å². The molecule has 5 heteroatoms. The molecule has 0 aliphatic carbocycles. The standard InChI is InChI=1S/C5H8NO2PS/c6-5(9(7)8)4-2-1-3-10-4/h1-3,5,7-8H,6H2. The van der Waals surface area contributed by atoms with Crippen LogP contribution in [-0.4, -0.2) is 9.79 Å². The lowest BCUT2D eigenvalue weighted by Gasteiger charge is -2.08. The van der Waals surface area contributed by atoms with Crippen LogP contribution in [-0.2, 0) is 0 Å². The van der Waals surface area contributed by atoms with Gasteiger partial charge in [0.25, 0.3) is 0 Å². The van der Waals surface area contributed by atoms with E-state index in [4.69, 9.17) is 15.5 Å². The molecule has 4 N–H and O–H groups in total. The molecular weight excluding hydrogens is 169 g/mol. The van der Waals surface area contributed by atoms with Crippen molar-refractivity contribution in [2.24, 2.45) is 5.73 Å². The van der Waals surface area contributed by atoms with Gasteiger partial charge in [-0.1, -0.05) is 6.07 Å². The third-order valence-electron chi connectivity index (χ3n) is 1.08. The van der Waals surface area contributed by atoms with E-state index in [0.29, 0.717) is 0 Å². The van der Waals surface area contributed by atoms with Crippen molar-refractivity contribution in [1.82, 2.24) is 0 Å². The Morgan fingerprint density at radius 1 is 1.60 bits per heavy atom. The molecule has 0 aliphatic rings. The van der Waals surface area contributed by atoms with E-state index in [-0.39, 0.29) is 0 Å². The summed E-state index contributed by atoms with van der Waals surface area (Å²) in [6, 6.07) is 3.62. The average Bonchev–Trinajstić information content (AvgIpc) is 2.36. The fourth-order valence-corrected chi connectivity index (χ4v) is 1.96. The van der Waals surface area contributed by atoms with E-state index in [1.807, 2.05) is 11.4 Å². The highest BCUT2D eigenvalue weighted by Crippen LogP contribution is 2.40. The van der Waals surface area contributed by atoms with Crippen molar-refractivity contribution in [3.05, 3.63) is 22.4 Å². The van der Waals surface area contributed by atoms with Gasteiger partial charge in [0.2, 0.25) is 0 Å². The molecule has 1 aromatic rings. The lowest BCUT2D eigenvalue weighted by atomic mass is 10.5. The van der Waals surface area contributed by atoms with Crippen LogP contribution in [0.2, 0.25) is 0 Å². The molecule has 1 rings (SSSR count). The molecule has 0 fully saturated rings. The molecule has 3 nitrogen and oxygen atoms in total. The van der Waals surface area contributed by atoms with Gasteiger partial charge in [0.1, 0.15) is 5.78 Å². The lowest BCUT2D eigenvalue weighted by molar-refractivity contribution is 0.468. The molecule has 0 radical (unpaired) electrons. The van der Waals surface area contributed by atoms with Crippen LogP contribution in [0, 0.1) is 0 Å². The average molecular weight is 177 g/mol. The molecule has 56 valence electrons. The van der Waals surface area contributed by atoms with Crippen LogP contribution < -0.4 is 5.73 Å². The van der Waals surface area contributed by atoms with Gasteiger partial charge in [0, 0.05) is 4.88 Å². The number of nitrogens with two attached hydrogens (primary N) is 1. The maximum absolute atomic E-state index is 8.69. The summed E-state index contributed by atoms with van der Waals surface area (Å²) in [6.45, 7) is 0. The zero-order chi connectivity index (χ0) is 7.56. The topological polar surface area (TPSA) is 66.5 Å². The van der Waals surface area contributed by atoms with Gasteiger partial charge >= 0.3 is 0 Å². The Bertz CT molecular complexity index is 190. The van der Waals surface area contributed by atoms with Gasteiger partial charge in [0.15, 0.2) is 8.38 Å². The van der Waals surface area contributed by atoms with E-state index < -0.39 is 14.2 Å². The second-order valence-corrected chi connectivity index (χ2v) is 3.96. The molecule has 1 unspecified atom stereocenters. The third kappa shape index (κ3) is 1.75. The Morgan fingerprint density at radius 3 is 2.70 bits per heavy atom. The van der Waals surface area contributed by atoms with E-state index in [0.717, 1.165) is 4.88 Å². The monoisotopic (exact) mass is 177 g/mol. The minimum Gasteiger partial charge on any atom is -0.349 e. The molecule has 1 atom stereocenters. The van der Waals surface area contributed by atoms with Gasteiger partial charge in [-0.3, -0.25) is 0 Å². The minimum absolute atomic E-state index is 0.602. The summed E-state index contributed by atoms with van der Waals surface area (Å²) in [4.78, 5) is 18.2. The van der Waals surface area contributed by atoms with Crippen LogP contribution in [0.3, 0.4) is 0 Å². The molecule has 0 bridgehead atoms. The highest BCUT2D eigenvalue weighted by atomic mass is 32.1. The van der Waals surface area contributed by atoms with E-state index in [1.165, 1.54) is 11.3 Å². The van der Waals surface area contributed by atoms with E-state index in [9.17, 15) is 0 Å². The number of hydrogen-bond acceptors (Lipinski definition) is 4. The lowest BCUT2D eigenvalue weighted by Crippen LogP contribution is -2.05. The van der Waals surface area contributed by atoms with Gasteiger partial charge in [-0.05, 0) is 11.4 Å². The van der Waals surface area contributed by atoms with Gasteiger partial charge in [-0.2, -0.15) is 0 Å². The normalized spacial score (nSPS) is 14.0. The predicted octanol–water partition coefficient (Wildman–Crippen LogP) is 1.00. The fraction of sp³-hybridized carbons (Fsp3) is 0.200. The number of thiophene rings is 1. The van der Waals surface area contributed by atoms with Crippen molar-refractivity contribution in [2.75, 3.05) is 0 Å². The van der Waals surface area contributed by atoms with Crippen LogP contribution in [0.15, 0.2) is 17.5 Å². The molecule has 1 aromatic heterocycles. The molecule has 0 aromatic carbocycles. The first-order valence-electron chi connectivity index (χ1n) is 2.68. The fourth-order valence-electron chi connectivity index (χ4n) is 0.573. The summed E-state index contributed by atoms with van der Waals surface area (Å²) in [5.41, 5.74) is 5.42. The van der Waals surface area contributed by atoms with Crippen LogP contribution in [0.1, 0.15) is 10.7 Å². The Labute approximate surface area is 64.0 Å². The van der Waals surface area contributed by atoms with E-state index >= 15 is 0 Å². The first-order chi connectivity index (χ1) is 4.72. The molecule has 0 aliphatic heterocycles. The smallest absolute Gasteiger partial charge is 0.188 e. The summed E-state index contributed by atoms with van der Waals surface area (Å²) in [5.74, 6) is -0.602. The van der Waals surface area contributed by atoms with Crippen LogP contribution >= 0.6 is 19.7 Å². The predicted molar refractivity (Wildman–Crippen MR) is 42.6 cm³/mol. The Balaban J connectivity index is 2.68. The van der Waals surface area contributed by atoms with Gasteiger partial charge in [0.05, 0.1) is 0 Å². The maximum Gasteiger partial charge on any atom is 0.188 e. The Morgan fingerprint density at radius 2 is 2.30 bits per heavy atom. The first-order valence-corrected chi connectivity index (χ1v) is 4.87. The number of hydrogen-bond donors (Lipinski definition) is 3.